The molecule has 0 radical (unpaired) electrons. The summed E-state index contributed by atoms with van der Waals surface area (Å²) in [5, 5.41) is -0.231. The van der Waals surface area contributed by atoms with Crippen molar-refractivity contribution in [1.29, 1.82) is 0 Å². The van der Waals surface area contributed by atoms with Gasteiger partial charge in [0.05, 0.1) is 4.47 Å². The van der Waals surface area contributed by atoms with Crippen LogP contribution < -0.4 is 5.43 Å². The van der Waals surface area contributed by atoms with E-state index in [1.54, 1.807) is 6.92 Å². The molecular weight excluding hydrogens is 282 g/mol. The highest BCUT2D eigenvalue weighted by molar-refractivity contribution is 9.10. The summed E-state index contributed by atoms with van der Waals surface area (Å²) in [5.41, 5.74) is -0.571. The summed E-state index contributed by atoms with van der Waals surface area (Å²) >= 11 is 2.74. The molecule has 0 saturated heterocycles. The smallest absolute Gasteiger partial charge is 0.195 e. The van der Waals surface area contributed by atoms with E-state index < -0.39 is 17.1 Å². The molecule has 2 rings (SSSR count). The van der Waals surface area contributed by atoms with Gasteiger partial charge in [0.1, 0.15) is 22.5 Å². The summed E-state index contributed by atoms with van der Waals surface area (Å²) in [4.78, 5) is 11.6. The lowest BCUT2D eigenvalue weighted by molar-refractivity contribution is 0.527. The standard InChI is InChI=1S/C11H7BrF2O2/c1-2-5-3-7(15)9-8(16-5)4-6(13)10(12)11(9)14/h3-4H,2H2,1H3. The van der Waals surface area contributed by atoms with Crippen molar-refractivity contribution >= 4 is 26.9 Å². The topological polar surface area (TPSA) is 30.2 Å². The van der Waals surface area contributed by atoms with E-state index in [0.29, 0.717) is 12.2 Å². The van der Waals surface area contributed by atoms with E-state index in [1.807, 2.05) is 0 Å². The zero-order valence-electron chi connectivity index (χ0n) is 8.31. The minimum Gasteiger partial charge on any atom is -0.461 e. The van der Waals surface area contributed by atoms with Gasteiger partial charge in [0, 0.05) is 18.6 Å². The second-order valence-electron chi connectivity index (χ2n) is 3.29. The maximum Gasteiger partial charge on any atom is 0.195 e. The summed E-state index contributed by atoms with van der Waals surface area (Å²) in [6.07, 6.45) is 0.491. The molecule has 84 valence electrons. The van der Waals surface area contributed by atoms with Gasteiger partial charge in [-0.25, -0.2) is 8.78 Å². The third-order valence-electron chi connectivity index (χ3n) is 2.25. The molecule has 2 aromatic rings. The van der Waals surface area contributed by atoms with Crippen LogP contribution in [0.3, 0.4) is 0 Å². The van der Waals surface area contributed by atoms with Gasteiger partial charge in [0.15, 0.2) is 11.2 Å². The van der Waals surface area contributed by atoms with Gasteiger partial charge in [-0.15, -0.1) is 0 Å². The van der Waals surface area contributed by atoms with E-state index in [-0.39, 0.29) is 15.4 Å². The molecule has 1 aromatic carbocycles. The van der Waals surface area contributed by atoms with Crippen molar-refractivity contribution in [2.45, 2.75) is 13.3 Å². The van der Waals surface area contributed by atoms with Crippen LogP contribution in [-0.2, 0) is 6.42 Å². The first-order valence-corrected chi connectivity index (χ1v) is 5.44. The summed E-state index contributed by atoms with van der Waals surface area (Å²) in [6.45, 7) is 1.79. The van der Waals surface area contributed by atoms with Crippen LogP contribution in [0.5, 0.6) is 0 Å². The Morgan fingerprint density at radius 1 is 1.38 bits per heavy atom. The lowest BCUT2D eigenvalue weighted by atomic mass is 10.2. The number of fused-ring (bicyclic) bond motifs is 1. The maximum absolute atomic E-state index is 13.6. The van der Waals surface area contributed by atoms with Crippen LogP contribution in [-0.4, -0.2) is 0 Å². The zero-order chi connectivity index (χ0) is 11.9. The fourth-order valence-corrected chi connectivity index (χ4v) is 1.76. The summed E-state index contributed by atoms with van der Waals surface area (Å²) in [6, 6.07) is 2.22. The number of benzene rings is 1. The van der Waals surface area contributed by atoms with E-state index in [4.69, 9.17) is 4.42 Å². The van der Waals surface area contributed by atoms with Crippen LogP contribution in [0.1, 0.15) is 12.7 Å². The first kappa shape index (κ1) is 11.3. The summed E-state index contributed by atoms with van der Waals surface area (Å²) < 4.78 is 31.7. The molecule has 0 bridgehead atoms. The lowest BCUT2D eigenvalue weighted by Crippen LogP contribution is -2.05. The molecule has 0 aliphatic heterocycles. The van der Waals surface area contributed by atoms with Gasteiger partial charge in [-0.3, -0.25) is 4.79 Å². The van der Waals surface area contributed by atoms with Crippen molar-refractivity contribution in [3.8, 4) is 0 Å². The van der Waals surface area contributed by atoms with Crippen molar-refractivity contribution < 1.29 is 13.2 Å². The van der Waals surface area contributed by atoms with Crippen LogP contribution in [0.25, 0.3) is 11.0 Å². The fourth-order valence-electron chi connectivity index (χ4n) is 1.45. The highest BCUT2D eigenvalue weighted by atomic mass is 79.9. The lowest BCUT2D eigenvalue weighted by Gasteiger charge is -2.03. The van der Waals surface area contributed by atoms with Gasteiger partial charge in [0.2, 0.25) is 0 Å². The van der Waals surface area contributed by atoms with Crippen LogP contribution in [0.15, 0.2) is 25.8 Å². The average molecular weight is 289 g/mol. The molecule has 5 heteroatoms. The van der Waals surface area contributed by atoms with Crippen molar-refractivity contribution in [2.75, 3.05) is 0 Å². The quantitative estimate of drug-likeness (QED) is 0.753. The van der Waals surface area contributed by atoms with Crippen molar-refractivity contribution in [1.82, 2.24) is 0 Å². The predicted octanol–water partition coefficient (Wildman–Crippen LogP) is 3.40. The van der Waals surface area contributed by atoms with Gasteiger partial charge < -0.3 is 4.42 Å². The highest BCUT2D eigenvalue weighted by Crippen LogP contribution is 2.26. The first-order chi connectivity index (χ1) is 7.54. The molecule has 16 heavy (non-hydrogen) atoms. The van der Waals surface area contributed by atoms with E-state index in [2.05, 4.69) is 15.9 Å². The molecule has 0 fully saturated rings. The normalized spacial score (nSPS) is 11.0. The molecule has 1 heterocycles. The largest absolute Gasteiger partial charge is 0.461 e. The van der Waals surface area contributed by atoms with E-state index >= 15 is 0 Å². The Morgan fingerprint density at radius 3 is 2.69 bits per heavy atom. The Labute approximate surface area is 98.0 Å². The van der Waals surface area contributed by atoms with Crippen molar-refractivity contribution in [3.05, 3.63) is 44.2 Å². The Morgan fingerprint density at radius 2 is 2.06 bits per heavy atom. The Bertz CT molecular complexity index is 619. The molecule has 2 nitrogen and oxygen atoms in total. The molecule has 0 amide bonds. The molecule has 0 saturated carbocycles. The molecular formula is C11H7BrF2O2. The van der Waals surface area contributed by atoms with Crippen LogP contribution >= 0.6 is 15.9 Å². The monoisotopic (exact) mass is 288 g/mol. The summed E-state index contributed by atoms with van der Waals surface area (Å²) in [7, 11) is 0. The van der Waals surface area contributed by atoms with Crippen molar-refractivity contribution in [3.63, 3.8) is 0 Å². The second-order valence-corrected chi connectivity index (χ2v) is 4.08. The molecule has 0 spiro atoms. The minimum absolute atomic E-state index is 0.0671. The number of hydrogen-bond acceptors (Lipinski definition) is 2. The van der Waals surface area contributed by atoms with Crippen LogP contribution in [0.4, 0.5) is 8.78 Å². The Balaban J connectivity index is 2.96. The second kappa shape index (κ2) is 3.97. The van der Waals surface area contributed by atoms with Gasteiger partial charge in [-0.1, -0.05) is 6.92 Å². The fraction of sp³-hybridized carbons (Fsp3) is 0.182. The van der Waals surface area contributed by atoms with E-state index in [0.717, 1.165) is 6.07 Å². The maximum atomic E-state index is 13.6. The third-order valence-corrected chi connectivity index (χ3v) is 2.98. The molecule has 0 aliphatic carbocycles. The van der Waals surface area contributed by atoms with Crippen molar-refractivity contribution in [2.24, 2.45) is 0 Å². The van der Waals surface area contributed by atoms with Gasteiger partial charge in [-0.05, 0) is 15.9 Å². The van der Waals surface area contributed by atoms with E-state index in [1.165, 1.54) is 6.07 Å². The highest BCUT2D eigenvalue weighted by Gasteiger charge is 2.16. The minimum atomic E-state index is -0.925. The van der Waals surface area contributed by atoms with Gasteiger partial charge in [0.25, 0.3) is 0 Å². The zero-order valence-corrected chi connectivity index (χ0v) is 9.90. The molecule has 0 atom stereocenters. The molecule has 0 N–H and O–H groups in total. The SMILES string of the molecule is CCc1cc(=O)c2c(F)c(Br)c(F)cc2o1. The van der Waals surface area contributed by atoms with Crippen LogP contribution in [0, 0.1) is 11.6 Å². The Hall–Kier alpha value is -1.23. The molecule has 1 aromatic heterocycles. The molecule has 0 unspecified atom stereocenters. The number of halogens is 3. The van der Waals surface area contributed by atoms with Gasteiger partial charge in [-0.2, -0.15) is 0 Å². The van der Waals surface area contributed by atoms with E-state index in [9.17, 15) is 13.6 Å². The third kappa shape index (κ3) is 1.65. The number of rotatable bonds is 1. The van der Waals surface area contributed by atoms with Crippen LogP contribution in [0.2, 0.25) is 0 Å². The Kier molecular flexibility index (Phi) is 2.80. The summed E-state index contributed by atoms with van der Waals surface area (Å²) in [5.74, 6) is -1.31. The molecule has 0 aliphatic rings. The predicted molar refractivity (Wildman–Crippen MR) is 59.5 cm³/mol. The average Bonchev–Trinajstić information content (AvgIpc) is 2.25. The van der Waals surface area contributed by atoms with Gasteiger partial charge >= 0.3 is 0 Å². The first-order valence-electron chi connectivity index (χ1n) is 4.64. The number of hydrogen-bond donors (Lipinski definition) is 0. The number of aryl methyl sites for hydroxylation is 1.